The number of nitrogens with zero attached hydrogens (tertiary/aromatic N) is 2. The highest BCUT2D eigenvalue weighted by Gasteiger charge is 2.14. The van der Waals surface area contributed by atoms with Gasteiger partial charge in [-0.2, -0.15) is 0 Å². The topological polar surface area (TPSA) is 64.1 Å². The normalized spacial score (nSPS) is 15.3. The molecule has 2 rings (SSSR count). The van der Waals surface area contributed by atoms with E-state index in [2.05, 4.69) is 20.0 Å². The van der Waals surface area contributed by atoms with Crippen LogP contribution in [0.4, 0.5) is 5.82 Å². The lowest BCUT2D eigenvalue weighted by atomic mass is 10.0. The number of hydrogen-bond acceptors (Lipinski definition) is 5. The van der Waals surface area contributed by atoms with Crippen LogP contribution in [0.5, 0.6) is 0 Å². The zero-order valence-corrected chi connectivity index (χ0v) is 12.3. The Morgan fingerprint density at radius 3 is 2.85 bits per heavy atom. The first-order chi connectivity index (χ1) is 9.69. The van der Waals surface area contributed by atoms with Crippen LogP contribution in [0.1, 0.15) is 54.8 Å². The van der Waals surface area contributed by atoms with Crippen molar-refractivity contribution in [2.45, 2.75) is 45.4 Å². The van der Waals surface area contributed by atoms with Crippen molar-refractivity contribution in [2.24, 2.45) is 5.92 Å². The third-order valence-electron chi connectivity index (χ3n) is 3.79. The number of hydrogen-bond donors (Lipinski definition) is 1. The third kappa shape index (κ3) is 4.18. The lowest BCUT2D eigenvalue weighted by molar-refractivity contribution is 0.0586. The molecule has 1 heterocycles. The Morgan fingerprint density at radius 1 is 1.40 bits per heavy atom. The minimum Gasteiger partial charge on any atom is -0.463 e. The highest BCUT2D eigenvalue weighted by atomic mass is 16.5. The molecule has 1 fully saturated rings. The average Bonchev–Trinajstić information content (AvgIpc) is 2.95. The van der Waals surface area contributed by atoms with Crippen LogP contribution < -0.4 is 5.32 Å². The van der Waals surface area contributed by atoms with E-state index in [4.69, 9.17) is 0 Å². The lowest BCUT2D eigenvalue weighted by Gasteiger charge is -2.10. The molecule has 5 heteroatoms. The van der Waals surface area contributed by atoms with Crippen molar-refractivity contribution in [3.8, 4) is 0 Å². The van der Waals surface area contributed by atoms with E-state index >= 15 is 0 Å². The second-order valence-electron chi connectivity index (χ2n) is 5.43. The summed E-state index contributed by atoms with van der Waals surface area (Å²) in [7, 11) is 1.34. The second kappa shape index (κ2) is 7.22. The Labute approximate surface area is 120 Å². The average molecular weight is 277 g/mol. The minimum absolute atomic E-state index is 0.116. The molecule has 1 aliphatic rings. The largest absolute Gasteiger partial charge is 0.463 e. The molecule has 110 valence electrons. The Hall–Kier alpha value is -1.65. The summed E-state index contributed by atoms with van der Waals surface area (Å²) in [6.45, 7) is 2.73. The van der Waals surface area contributed by atoms with E-state index in [-0.39, 0.29) is 5.82 Å². The van der Waals surface area contributed by atoms with Crippen molar-refractivity contribution in [3.63, 3.8) is 0 Å². The molecule has 1 aliphatic carbocycles. The zero-order chi connectivity index (χ0) is 14.4. The second-order valence-corrected chi connectivity index (χ2v) is 5.43. The summed E-state index contributed by atoms with van der Waals surface area (Å²) in [5.41, 5.74) is 0.763. The standard InChI is InChI=1S/C15H23N3O2/c1-11-10-13(18-14(17-11)15(19)20-2)16-9-5-8-12-6-3-4-7-12/h10,12H,3-9H2,1-2H3,(H,16,17,18). The van der Waals surface area contributed by atoms with Crippen LogP contribution in [0.2, 0.25) is 0 Å². The first-order valence-corrected chi connectivity index (χ1v) is 7.37. The van der Waals surface area contributed by atoms with Gasteiger partial charge in [-0.1, -0.05) is 25.7 Å². The monoisotopic (exact) mass is 277 g/mol. The van der Waals surface area contributed by atoms with Gasteiger partial charge in [0, 0.05) is 18.3 Å². The van der Waals surface area contributed by atoms with Crippen molar-refractivity contribution in [2.75, 3.05) is 19.0 Å². The third-order valence-corrected chi connectivity index (χ3v) is 3.79. The fourth-order valence-corrected chi connectivity index (χ4v) is 2.75. The fraction of sp³-hybridized carbons (Fsp3) is 0.667. The number of methoxy groups -OCH3 is 1. The number of aryl methyl sites for hydroxylation is 1. The molecular weight excluding hydrogens is 254 g/mol. The van der Waals surface area contributed by atoms with E-state index in [1.807, 2.05) is 13.0 Å². The maximum Gasteiger partial charge on any atom is 0.376 e. The zero-order valence-electron chi connectivity index (χ0n) is 12.3. The van der Waals surface area contributed by atoms with Gasteiger partial charge in [0.1, 0.15) is 5.82 Å². The van der Waals surface area contributed by atoms with Crippen LogP contribution in [0, 0.1) is 12.8 Å². The predicted molar refractivity (Wildman–Crippen MR) is 77.8 cm³/mol. The number of aromatic nitrogens is 2. The van der Waals surface area contributed by atoms with E-state index < -0.39 is 5.97 Å². The van der Waals surface area contributed by atoms with Crippen molar-refractivity contribution in [3.05, 3.63) is 17.6 Å². The molecule has 0 bridgehead atoms. The highest BCUT2D eigenvalue weighted by molar-refractivity contribution is 5.85. The van der Waals surface area contributed by atoms with Gasteiger partial charge in [0.15, 0.2) is 0 Å². The SMILES string of the molecule is COC(=O)c1nc(C)cc(NCCCC2CCCC2)n1. The molecule has 0 unspecified atom stereocenters. The van der Waals surface area contributed by atoms with Gasteiger partial charge in [-0.25, -0.2) is 14.8 Å². The summed E-state index contributed by atoms with van der Waals surface area (Å²) in [5, 5.41) is 3.27. The van der Waals surface area contributed by atoms with Gasteiger partial charge in [-0.3, -0.25) is 0 Å². The van der Waals surface area contributed by atoms with Crippen LogP contribution in [0.15, 0.2) is 6.07 Å². The molecule has 20 heavy (non-hydrogen) atoms. The molecule has 0 atom stereocenters. The van der Waals surface area contributed by atoms with Crippen LogP contribution in [0.25, 0.3) is 0 Å². The van der Waals surface area contributed by atoms with Crippen LogP contribution in [-0.4, -0.2) is 29.6 Å². The first kappa shape index (κ1) is 14.8. The van der Waals surface area contributed by atoms with E-state index in [1.165, 1.54) is 39.2 Å². The van der Waals surface area contributed by atoms with Gasteiger partial charge in [0.25, 0.3) is 0 Å². The Kier molecular flexibility index (Phi) is 5.32. The highest BCUT2D eigenvalue weighted by Crippen LogP contribution is 2.28. The van der Waals surface area contributed by atoms with Crippen molar-refractivity contribution < 1.29 is 9.53 Å². The molecule has 0 aromatic carbocycles. The van der Waals surface area contributed by atoms with Crippen molar-refractivity contribution in [1.29, 1.82) is 0 Å². The summed E-state index contributed by atoms with van der Waals surface area (Å²) in [6.07, 6.45) is 7.98. The van der Waals surface area contributed by atoms with Gasteiger partial charge in [-0.15, -0.1) is 0 Å². The maximum absolute atomic E-state index is 11.4. The fourth-order valence-electron chi connectivity index (χ4n) is 2.75. The van der Waals surface area contributed by atoms with Gasteiger partial charge in [0.2, 0.25) is 5.82 Å². The van der Waals surface area contributed by atoms with Crippen LogP contribution in [-0.2, 0) is 4.74 Å². The Bertz CT molecular complexity index is 456. The Balaban J connectivity index is 1.82. The molecule has 5 nitrogen and oxygen atoms in total. The molecule has 0 aliphatic heterocycles. The molecule has 1 N–H and O–H groups in total. The molecule has 0 amide bonds. The molecule has 0 saturated heterocycles. The summed E-state index contributed by atoms with van der Waals surface area (Å²) in [6, 6.07) is 1.85. The summed E-state index contributed by atoms with van der Waals surface area (Å²) in [4.78, 5) is 19.7. The molecule has 0 spiro atoms. The van der Waals surface area contributed by atoms with Crippen molar-refractivity contribution >= 4 is 11.8 Å². The van der Waals surface area contributed by atoms with E-state index in [9.17, 15) is 4.79 Å². The van der Waals surface area contributed by atoms with Gasteiger partial charge in [-0.05, 0) is 25.7 Å². The van der Waals surface area contributed by atoms with Gasteiger partial charge in [0.05, 0.1) is 7.11 Å². The van der Waals surface area contributed by atoms with Crippen LogP contribution in [0.3, 0.4) is 0 Å². The Morgan fingerprint density at radius 2 is 2.15 bits per heavy atom. The summed E-state index contributed by atoms with van der Waals surface area (Å²) < 4.78 is 4.65. The number of anilines is 1. The lowest BCUT2D eigenvalue weighted by Crippen LogP contribution is -2.12. The van der Waals surface area contributed by atoms with Crippen LogP contribution >= 0.6 is 0 Å². The minimum atomic E-state index is -0.497. The number of nitrogens with one attached hydrogen (secondary N) is 1. The molecular formula is C15H23N3O2. The smallest absolute Gasteiger partial charge is 0.376 e. The number of rotatable bonds is 6. The summed E-state index contributed by atoms with van der Waals surface area (Å²) >= 11 is 0. The van der Waals surface area contributed by atoms with Crippen molar-refractivity contribution in [1.82, 2.24) is 9.97 Å². The number of esters is 1. The summed E-state index contributed by atoms with van der Waals surface area (Å²) in [5.74, 6) is 1.23. The maximum atomic E-state index is 11.4. The first-order valence-electron chi connectivity index (χ1n) is 7.37. The van der Waals surface area contributed by atoms with Gasteiger partial charge >= 0.3 is 5.97 Å². The molecule has 1 aromatic heterocycles. The van der Waals surface area contributed by atoms with Gasteiger partial charge < -0.3 is 10.1 Å². The molecule has 0 radical (unpaired) electrons. The van der Waals surface area contributed by atoms with E-state index in [1.54, 1.807) is 0 Å². The number of carbonyl (C=O) groups is 1. The molecule has 1 aromatic rings. The predicted octanol–water partition coefficient (Wildman–Crippen LogP) is 2.95. The van der Waals surface area contributed by atoms with E-state index in [0.29, 0.717) is 5.82 Å². The molecule has 1 saturated carbocycles. The van der Waals surface area contributed by atoms with E-state index in [0.717, 1.165) is 24.6 Å². The quantitative estimate of drug-likeness (QED) is 0.639. The number of ether oxygens (including phenoxy) is 1. The number of carbonyl (C=O) groups excluding carboxylic acids is 1.